The second-order valence-corrected chi connectivity index (χ2v) is 7.64. The molecular formula is C13H14BrN3O2S. The van der Waals surface area contributed by atoms with E-state index in [-0.39, 0.29) is 0 Å². The van der Waals surface area contributed by atoms with E-state index in [2.05, 4.69) is 20.9 Å². The molecule has 0 aliphatic carbocycles. The maximum atomic E-state index is 12.5. The van der Waals surface area contributed by atoms with Crippen molar-refractivity contribution in [2.45, 2.75) is 11.4 Å². The van der Waals surface area contributed by atoms with E-state index in [1.165, 1.54) is 4.31 Å². The first-order valence-electron chi connectivity index (χ1n) is 6.28. The Morgan fingerprint density at radius 1 is 1.30 bits per heavy atom. The van der Waals surface area contributed by atoms with Gasteiger partial charge in [-0.15, -0.1) is 0 Å². The van der Waals surface area contributed by atoms with Crippen LogP contribution in [0, 0.1) is 5.92 Å². The van der Waals surface area contributed by atoms with Gasteiger partial charge in [-0.2, -0.15) is 4.31 Å². The first-order valence-corrected chi connectivity index (χ1v) is 8.51. The minimum absolute atomic E-state index is 0.334. The molecular weight excluding hydrogens is 342 g/mol. The molecule has 20 heavy (non-hydrogen) atoms. The van der Waals surface area contributed by atoms with Crippen molar-refractivity contribution >= 4 is 26.0 Å². The molecule has 0 N–H and O–H groups in total. The van der Waals surface area contributed by atoms with Gasteiger partial charge in [-0.3, -0.25) is 0 Å². The number of nitrogens with zero attached hydrogens (tertiary/aromatic N) is 3. The Morgan fingerprint density at radius 2 is 2.05 bits per heavy atom. The van der Waals surface area contributed by atoms with Crippen LogP contribution in [0.1, 0.15) is 0 Å². The lowest BCUT2D eigenvalue weighted by Crippen LogP contribution is -2.51. The third kappa shape index (κ3) is 2.53. The fourth-order valence-electron chi connectivity index (χ4n) is 2.32. The van der Waals surface area contributed by atoms with Crippen molar-refractivity contribution < 1.29 is 8.42 Å². The summed E-state index contributed by atoms with van der Waals surface area (Å²) in [6.45, 7) is 1.92. The zero-order chi connectivity index (χ0) is 14.2. The molecule has 3 rings (SSSR count). The van der Waals surface area contributed by atoms with Gasteiger partial charge in [0, 0.05) is 42.4 Å². The summed E-state index contributed by atoms with van der Waals surface area (Å²) in [5.41, 5.74) is 0. The van der Waals surface area contributed by atoms with Crippen LogP contribution < -0.4 is 0 Å². The van der Waals surface area contributed by atoms with Crippen LogP contribution in [0.5, 0.6) is 0 Å². The van der Waals surface area contributed by atoms with Crippen molar-refractivity contribution in [3.63, 3.8) is 0 Å². The quantitative estimate of drug-likeness (QED) is 0.842. The fourth-order valence-corrected chi connectivity index (χ4v) is 4.88. The molecule has 0 amide bonds. The van der Waals surface area contributed by atoms with Gasteiger partial charge in [0.1, 0.15) is 0 Å². The topological polar surface area (TPSA) is 55.2 Å². The maximum Gasteiger partial charge on any atom is 0.244 e. The highest BCUT2D eigenvalue weighted by molar-refractivity contribution is 9.10. The minimum atomic E-state index is -3.38. The number of hydrogen-bond donors (Lipinski definition) is 0. The number of aromatic nitrogens is 2. The lowest BCUT2D eigenvalue weighted by atomic mass is 10.0. The Balaban J connectivity index is 1.68. The average Bonchev–Trinajstić information content (AvgIpc) is 2.86. The second-order valence-electron chi connectivity index (χ2n) is 4.88. The lowest BCUT2D eigenvalue weighted by molar-refractivity contribution is 0.179. The van der Waals surface area contributed by atoms with Gasteiger partial charge >= 0.3 is 0 Å². The first-order chi connectivity index (χ1) is 9.57. The highest BCUT2D eigenvalue weighted by atomic mass is 79.9. The van der Waals surface area contributed by atoms with Crippen LogP contribution in [0.2, 0.25) is 0 Å². The minimum Gasteiger partial charge on any atom is -0.337 e. The number of hydrogen-bond acceptors (Lipinski definition) is 3. The van der Waals surface area contributed by atoms with Gasteiger partial charge in [0.2, 0.25) is 10.0 Å². The molecule has 0 spiro atoms. The third-order valence-electron chi connectivity index (χ3n) is 3.41. The predicted molar refractivity (Wildman–Crippen MR) is 78.6 cm³/mol. The van der Waals surface area contributed by atoms with Crippen molar-refractivity contribution in [3.05, 3.63) is 47.5 Å². The zero-order valence-corrected chi connectivity index (χ0v) is 13.1. The molecule has 1 fully saturated rings. The van der Waals surface area contributed by atoms with Gasteiger partial charge < -0.3 is 4.57 Å². The molecule has 1 saturated heterocycles. The van der Waals surface area contributed by atoms with Crippen LogP contribution in [0.15, 0.2) is 52.4 Å². The summed E-state index contributed by atoms with van der Waals surface area (Å²) in [5.74, 6) is 0.349. The Morgan fingerprint density at radius 3 is 2.70 bits per heavy atom. The number of benzene rings is 1. The SMILES string of the molecule is O=S(=O)(c1ccccc1Br)N1CC(Cn2ccnc2)C1. The number of rotatable bonds is 4. The Bertz CT molecular complexity index is 694. The molecule has 7 heteroatoms. The van der Waals surface area contributed by atoms with E-state index in [0.717, 1.165) is 6.54 Å². The Labute approximate surface area is 126 Å². The van der Waals surface area contributed by atoms with Crippen LogP contribution in [0.4, 0.5) is 0 Å². The Hall–Kier alpha value is -1.18. The highest BCUT2D eigenvalue weighted by Crippen LogP contribution is 2.30. The molecule has 2 aromatic rings. The van der Waals surface area contributed by atoms with E-state index >= 15 is 0 Å². The summed E-state index contributed by atoms with van der Waals surface area (Å²) in [5, 5.41) is 0. The summed E-state index contributed by atoms with van der Waals surface area (Å²) >= 11 is 3.30. The molecule has 1 aliphatic heterocycles. The van der Waals surface area contributed by atoms with Crippen LogP contribution in [0.3, 0.4) is 0 Å². The maximum absolute atomic E-state index is 12.5. The van der Waals surface area contributed by atoms with Crippen LogP contribution in [-0.2, 0) is 16.6 Å². The number of halogens is 1. The van der Waals surface area contributed by atoms with Crippen molar-refractivity contribution in [1.82, 2.24) is 13.9 Å². The summed E-state index contributed by atoms with van der Waals surface area (Å²) in [6.07, 6.45) is 5.38. The number of imidazole rings is 1. The molecule has 2 heterocycles. The molecule has 106 valence electrons. The van der Waals surface area contributed by atoms with Crippen molar-refractivity contribution in [3.8, 4) is 0 Å². The summed E-state index contributed by atoms with van der Waals surface area (Å²) in [7, 11) is -3.38. The molecule has 0 unspecified atom stereocenters. The van der Waals surface area contributed by atoms with Gasteiger partial charge in [-0.1, -0.05) is 12.1 Å². The monoisotopic (exact) mass is 355 g/mol. The average molecular weight is 356 g/mol. The van der Waals surface area contributed by atoms with Crippen molar-refractivity contribution in [2.75, 3.05) is 13.1 Å². The molecule has 1 aliphatic rings. The molecule has 1 aromatic carbocycles. The van der Waals surface area contributed by atoms with Gasteiger partial charge in [0.25, 0.3) is 0 Å². The summed E-state index contributed by atoms with van der Waals surface area (Å²) in [6, 6.07) is 6.92. The summed E-state index contributed by atoms with van der Waals surface area (Å²) < 4.78 is 29.0. The van der Waals surface area contributed by atoms with Crippen LogP contribution in [-0.4, -0.2) is 35.4 Å². The van der Waals surface area contributed by atoms with Crippen molar-refractivity contribution in [2.24, 2.45) is 5.92 Å². The fraction of sp³-hybridized carbons (Fsp3) is 0.308. The van der Waals surface area contributed by atoms with E-state index in [9.17, 15) is 8.42 Å². The van der Waals surface area contributed by atoms with E-state index in [4.69, 9.17) is 0 Å². The summed E-state index contributed by atoms with van der Waals surface area (Å²) in [4.78, 5) is 4.32. The Kier molecular flexibility index (Phi) is 3.66. The largest absolute Gasteiger partial charge is 0.337 e. The molecule has 0 saturated carbocycles. The molecule has 0 atom stereocenters. The van der Waals surface area contributed by atoms with Gasteiger partial charge in [0.15, 0.2) is 0 Å². The lowest BCUT2D eigenvalue weighted by Gasteiger charge is -2.38. The van der Waals surface area contributed by atoms with Gasteiger partial charge in [-0.25, -0.2) is 13.4 Å². The molecule has 1 aromatic heterocycles. The first kappa shape index (κ1) is 13.8. The zero-order valence-electron chi connectivity index (χ0n) is 10.7. The second kappa shape index (κ2) is 5.31. The smallest absolute Gasteiger partial charge is 0.244 e. The van der Waals surface area contributed by atoms with Gasteiger partial charge in [-0.05, 0) is 28.1 Å². The molecule has 0 bridgehead atoms. The molecule has 5 nitrogen and oxygen atoms in total. The van der Waals surface area contributed by atoms with Crippen LogP contribution >= 0.6 is 15.9 Å². The predicted octanol–water partition coefficient (Wildman–Crippen LogP) is 1.97. The van der Waals surface area contributed by atoms with E-state index in [1.54, 1.807) is 36.8 Å². The van der Waals surface area contributed by atoms with Gasteiger partial charge in [0.05, 0.1) is 11.2 Å². The number of sulfonamides is 1. The normalized spacial score (nSPS) is 17.1. The third-order valence-corrected chi connectivity index (χ3v) is 6.25. The van der Waals surface area contributed by atoms with Crippen molar-refractivity contribution in [1.29, 1.82) is 0 Å². The highest BCUT2D eigenvalue weighted by Gasteiger charge is 2.37. The standard InChI is InChI=1S/C13H14BrN3O2S/c14-12-3-1-2-4-13(12)20(18,19)17-8-11(9-17)7-16-6-5-15-10-16/h1-6,10-11H,7-9H2. The molecule has 0 radical (unpaired) electrons. The van der Waals surface area contributed by atoms with E-state index < -0.39 is 10.0 Å². The van der Waals surface area contributed by atoms with Crippen LogP contribution in [0.25, 0.3) is 0 Å². The van der Waals surface area contributed by atoms with E-state index in [1.807, 2.05) is 10.8 Å². The van der Waals surface area contributed by atoms with E-state index in [0.29, 0.717) is 28.4 Å².